The first-order valence-electron chi connectivity index (χ1n) is 8.51. The van der Waals surface area contributed by atoms with Crippen molar-refractivity contribution in [3.05, 3.63) is 23.5 Å². The molecule has 2 rings (SSSR count). The van der Waals surface area contributed by atoms with Gasteiger partial charge >= 0.3 is 27.6 Å². The van der Waals surface area contributed by atoms with E-state index in [0.717, 1.165) is 24.5 Å². The lowest BCUT2D eigenvalue weighted by molar-refractivity contribution is -0.113. The minimum absolute atomic E-state index is 0.0509. The Morgan fingerprint density at radius 2 is 1.15 bits per heavy atom. The Labute approximate surface area is 174 Å². The van der Waals surface area contributed by atoms with Crippen LogP contribution < -0.4 is 0 Å². The third-order valence-electron chi connectivity index (χ3n) is 3.82. The van der Waals surface area contributed by atoms with Crippen molar-refractivity contribution in [2.75, 3.05) is 13.1 Å². The molecule has 2 saturated heterocycles. The molecule has 10 heteroatoms. The number of allylic oxidation sites excluding steroid dienone is 4. The van der Waals surface area contributed by atoms with Crippen molar-refractivity contribution < 1.29 is 17.2 Å². The lowest BCUT2D eigenvalue weighted by atomic mass is 10.3. The molecule has 0 radical (unpaired) electrons. The minimum Gasteiger partial charge on any atom is -0.467 e. The highest BCUT2D eigenvalue weighted by Crippen LogP contribution is 2.21. The summed E-state index contributed by atoms with van der Waals surface area (Å²) in [5.74, 6) is 0.102. The first-order chi connectivity index (χ1) is 12.0. The molecule has 26 heavy (non-hydrogen) atoms. The van der Waals surface area contributed by atoms with Gasteiger partial charge in [-0.05, 0) is 65.1 Å². The van der Waals surface area contributed by atoms with Crippen LogP contribution in [0.3, 0.4) is 0 Å². The van der Waals surface area contributed by atoms with Crippen molar-refractivity contribution in [2.24, 2.45) is 0 Å². The third kappa shape index (κ3) is 7.93. The second-order valence-corrected chi connectivity index (χ2v) is 11.8. The van der Waals surface area contributed by atoms with E-state index in [0.29, 0.717) is 0 Å². The SMILES string of the molecule is CC(=O)/C=C(/C)[N]1CC(C)[O][Al]1[Cl].CC(=O)/C=C(/C)[N]1CC(C)[O][Al]1[Cl]. The van der Waals surface area contributed by atoms with Crippen LogP contribution in [0.4, 0.5) is 0 Å². The fraction of sp³-hybridized carbons (Fsp3) is 0.625. The summed E-state index contributed by atoms with van der Waals surface area (Å²) in [6.07, 6.45) is 3.57. The highest BCUT2D eigenvalue weighted by atomic mass is 35.6. The summed E-state index contributed by atoms with van der Waals surface area (Å²) in [6, 6.07) is 0. The number of hydrogen-bond acceptors (Lipinski definition) is 6. The molecule has 0 N–H and O–H groups in total. The van der Waals surface area contributed by atoms with Gasteiger partial charge in [-0.15, -0.1) is 0 Å². The third-order valence-corrected chi connectivity index (χ3v) is 9.44. The van der Waals surface area contributed by atoms with E-state index in [9.17, 15) is 9.59 Å². The molecule has 0 amide bonds. The average Bonchev–Trinajstić information content (AvgIpc) is 2.99. The van der Waals surface area contributed by atoms with Crippen molar-refractivity contribution in [3.63, 3.8) is 0 Å². The van der Waals surface area contributed by atoms with Crippen molar-refractivity contribution >= 4 is 59.2 Å². The van der Waals surface area contributed by atoms with Gasteiger partial charge in [0.1, 0.15) is 0 Å². The van der Waals surface area contributed by atoms with E-state index in [1.165, 1.54) is 13.8 Å². The molecule has 2 aliphatic heterocycles. The number of nitrogens with zero attached hydrogens (tertiary/aromatic N) is 2. The second kappa shape index (κ2) is 11.1. The lowest BCUT2D eigenvalue weighted by Crippen LogP contribution is -2.28. The molecule has 2 atom stereocenters. The fourth-order valence-corrected chi connectivity index (χ4v) is 8.10. The van der Waals surface area contributed by atoms with E-state index in [4.69, 9.17) is 27.7 Å². The normalized spacial score (nSPS) is 24.0. The Hall–Kier alpha value is -0.0151. The van der Waals surface area contributed by atoms with Crippen LogP contribution in [-0.2, 0) is 17.2 Å². The Morgan fingerprint density at radius 3 is 1.35 bits per heavy atom. The Kier molecular flexibility index (Phi) is 10.3. The van der Waals surface area contributed by atoms with E-state index >= 15 is 0 Å². The summed E-state index contributed by atoms with van der Waals surface area (Å²) in [6.45, 7) is 12.4. The molecule has 0 aliphatic carbocycles. The van der Waals surface area contributed by atoms with Crippen LogP contribution in [0.25, 0.3) is 0 Å². The maximum atomic E-state index is 10.8. The largest absolute Gasteiger partial charge is 0.759 e. The van der Waals surface area contributed by atoms with Gasteiger partial charge in [0.15, 0.2) is 11.6 Å². The summed E-state index contributed by atoms with van der Waals surface area (Å²) in [7, 11) is 12.1. The molecule has 0 spiro atoms. The summed E-state index contributed by atoms with van der Waals surface area (Å²) in [5, 5.41) is 0. The van der Waals surface area contributed by atoms with Crippen molar-refractivity contribution in [1.29, 1.82) is 0 Å². The number of carbonyl (C=O) groups is 2. The van der Waals surface area contributed by atoms with E-state index in [1.807, 2.05) is 35.5 Å². The van der Waals surface area contributed by atoms with Crippen LogP contribution in [0.5, 0.6) is 0 Å². The van der Waals surface area contributed by atoms with Gasteiger partial charge < -0.3 is 15.3 Å². The molecule has 2 unspecified atom stereocenters. The van der Waals surface area contributed by atoms with Gasteiger partial charge in [0.2, 0.25) is 0 Å². The van der Waals surface area contributed by atoms with Crippen LogP contribution in [-0.4, -0.2) is 72.2 Å². The Balaban J connectivity index is 0.000000260. The Bertz CT molecular complexity index is 539. The number of rotatable bonds is 4. The topological polar surface area (TPSA) is 59.1 Å². The molecule has 0 aromatic heterocycles. The number of halogens is 2. The summed E-state index contributed by atoms with van der Waals surface area (Å²) >= 11 is -3.51. The summed E-state index contributed by atoms with van der Waals surface area (Å²) < 4.78 is 14.9. The predicted octanol–water partition coefficient (Wildman–Crippen LogP) is 2.85. The number of hydrogen-bond donors (Lipinski definition) is 0. The molecule has 144 valence electrons. The first kappa shape index (κ1) is 24.0. The molecule has 2 fully saturated rings. The fourth-order valence-electron chi connectivity index (χ4n) is 2.70. The molecule has 0 bridgehead atoms. The first-order valence-corrected chi connectivity index (χ1v) is 14.0. The van der Waals surface area contributed by atoms with Gasteiger partial charge in [0, 0.05) is 25.3 Å². The van der Waals surface area contributed by atoms with Crippen LogP contribution in [0.2, 0.25) is 0 Å². The van der Waals surface area contributed by atoms with E-state index in [2.05, 4.69) is 0 Å². The highest BCUT2D eigenvalue weighted by Gasteiger charge is 2.40. The van der Waals surface area contributed by atoms with Crippen molar-refractivity contribution in [3.8, 4) is 0 Å². The predicted molar refractivity (Wildman–Crippen MR) is 107 cm³/mol. The molecular weight excluding hydrogens is 409 g/mol. The zero-order chi connectivity index (χ0) is 20.0. The summed E-state index contributed by atoms with van der Waals surface area (Å²) in [5.41, 5.74) is 1.84. The van der Waals surface area contributed by atoms with Gasteiger partial charge in [-0.2, -0.15) is 20.1 Å². The zero-order valence-corrected chi connectivity index (χ0v) is 20.0. The zero-order valence-electron chi connectivity index (χ0n) is 16.2. The molecule has 2 heterocycles. The monoisotopic (exact) mass is 434 g/mol. The van der Waals surface area contributed by atoms with Gasteiger partial charge in [0.25, 0.3) is 0 Å². The van der Waals surface area contributed by atoms with Crippen molar-refractivity contribution in [1.82, 2.24) is 7.77 Å². The Morgan fingerprint density at radius 1 is 0.846 bits per heavy atom. The molecule has 2 aliphatic rings. The standard InChI is InChI=1S/2C8H14NO2.2Al.2ClH/c2*1-6(4-7(2)10)9-5-8(3)11;;;;/h2*4,8H,5H2,1-3H3,(H,9,10);;;2*1H/q2*-1;2*+3;;/p-4. The quantitative estimate of drug-likeness (QED) is 0.500. The molecule has 0 aromatic rings. The van der Waals surface area contributed by atoms with Gasteiger partial charge in [0.05, 0.1) is 0 Å². The lowest BCUT2D eigenvalue weighted by Gasteiger charge is -2.18. The van der Waals surface area contributed by atoms with Crippen LogP contribution >= 0.6 is 20.1 Å². The van der Waals surface area contributed by atoms with Crippen LogP contribution in [0, 0.1) is 0 Å². The van der Waals surface area contributed by atoms with Crippen molar-refractivity contribution in [2.45, 2.75) is 53.8 Å². The van der Waals surface area contributed by atoms with E-state index in [1.54, 1.807) is 12.2 Å². The summed E-state index contributed by atoms with van der Waals surface area (Å²) in [4.78, 5) is 21.7. The second-order valence-electron chi connectivity index (χ2n) is 6.58. The number of ketones is 2. The van der Waals surface area contributed by atoms with Crippen LogP contribution in [0.15, 0.2) is 23.5 Å². The molecular formula is C16H26Al2Cl2N2O4. The van der Waals surface area contributed by atoms with Crippen LogP contribution in [0.1, 0.15) is 41.5 Å². The average molecular weight is 435 g/mol. The highest BCUT2D eigenvalue weighted by molar-refractivity contribution is 7.02. The van der Waals surface area contributed by atoms with E-state index < -0.39 is 27.6 Å². The van der Waals surface area contributed by atoms with Gasteiger partial charge in [-0.25, -0.2) is 0 Å². The smallest absolute Gasteiger partial charge is 0.467 e. The minimum atomic E-state index is -1.75. The maximum Gasteiger partial charge on any atom is 0.759 e. The van der Waals surface area contributed by atoms with Gasteiger partial charge in [-0.1, -0.05) is 0 Å². The molecule has 0 aromatic carbocycles. The van der Waals surface area contributed by atoms with E-state index in [-0.39, 0.29) is 23.8 Å². The number of carbonyl (C=O) groups excluding carboxylic acids is 2. The maximum absolute atomic E-state index is 10.8. The molecule has 6 nitrogen and oxygen atoms in total. The van der Waals surface area contributed by atoms with Gasteiger partial charge in [-0.3, -0.25) is 9.59 Å². The molecule has 0 saturated carbocycles.